The van der Waals surface area contributed by atoms with Crippen LogP contribution in [0.1, 0.15) is 11.3 Å². The molecule has 2 aromatic heterocycles. The van der Waals surface area contributed by atoms with E-state index in [9.17, 15) is 14.9 Å². The van der Waals surface area contributed by atoms with Gasteiger partial charge in [0.2, 0.25) is 0 Å². The molecular formula is C17H15N5O3. The predicted octanol–water partition coefficient (Wildman–Crippen LogP) is 1.72. The van der Waals surface area contributed by atoms with E-state index in [0.29, 0.717) is 16.8 Å². The molecule has 2 heterocycles. The van der Waals surface area contributed by atoms with E-state index in [2.05, 4.69) is 10.5 Å². The predicted molar refractivity (Wildman–Crippen MR) is 91.6 cm³/mol. The molecule has 0 unspecified atom stereocenters. The van der Waals surface area contributed by atoms with Crippen molar-refractivity contribution in [1.82, 2.24) is 14.3 Å². The van der Waals surface area contributed by atoms with E-state index >= 15 is 0 Å². The molecule has 0 fully saturated rings. The number of anilines is 1. The Bertz CT molecular complexity index is 1110. The lowest BCUT2D eigenvalue weighted by Crippen LogP contribution is -2.19. The van der Waals surface area contributed by atoms with Crippen molar-refractivity contribution in [1.29, 1.82) is 5.26 Å². The average molecular weight is 337 g/mol. The molecule has 0 aliphatic heterocycles. The maximum atomic E-state index is 12.2. The molecule has 1 aromatic carbocycles. The topological polar surface area (TPSA) is 106 Å². The van der Waals surface area contributed by atoms with Gasteiger partial charge in [-0.05, 0) is 30.7 Å². The first-order valence-corrected chi connectivity index (χ1v) is 7.42. The molecule has 0 bridgehead atoms. The van der Waals surface area contributed by atoms with E-state index in [1.165, 1.54) is 15.2 Å². The molecule has 0 radical (unpaired) electrons. The third-order valence-corrected chi connectivity index (χ3v) is 3.84. The van der Waals surface area contributed by atoms with E-state index in [-0.39, 0.29) is 17.1 Å². The van der Waals surface area contributed by atoms with Gasteiger partial charge in [0.25, 0.3) is 5.91 Å². The minimum atomic E-state index is -0.585. The molecular weight excluding hydrogens is 322 g/mol. The highest BCUT2D eigenvalue weighted by molar-refractivity contribution is 6.09. The summed E-state index contributed by atoms with van der Waals surface area (Å²) in [5, 5.41) is 15.4. The number of hydrogen-bond acceptors (Lipinski definition) is 5. The summed E-state index contributed by atoms with van der Waals surface area (Å²) < 4.78 is 7.92. The lowest BCUT2D eigenvalue weighted by atomic mass is 10.1. The standard InChI is InChI=1S/C17H15N5O3/c1-10-6-15(20-25-10)19-16(23)12(9-18)7-11-4-5-13-14(8-11)22(3)17(24)21(13)2/h4-8H,1-3H3,(H,19,20,23). The fourth-order valence-electron chi connectivity index (χ4n) is 2.54. The van der Waals surface area contributed by atoms with Crippen LogP contribution in [0.25, 0.3) is 17.1 Å². The van der Waals surface area contributed by atoms with E-state index in [1.807, 2.05) is 6.07 Å². The molecule has 25 heavy (non-hydrogen) atoms. The van der Waals surface area contributed by atoms with Crippen molar-refractivity contribution < 1.29 is 9.32 Å². The highest BCUT2D eigenvalue weighted by atomic mass is 16.5. The van der Waals surface area contributed by atoms with Gasteiger partial charge in [-0.25, -0.2) is 4.79 Å². The zero-order valence-corrected chi connectivity index (χ0v) is 13.9. The normalized spacial score (nSPS) is 11.5. The van der Waals surface area contributed by atoms with Gasteiger partial charge in [-0.15, -0.1) is 0 Å². The summed E-state index contributed by atoms with van der Waals surface area (Å²) in [4.78, 5) is 24.2. The van der Waals surface area contributed by atoms with E-state index in [4.69, 9.17) is 4.52 Å². The van der Waals surface area contributed by atoms with Crippen LogP contribution in [0, 0.1) is 18.3 Å². The second kappa shape index (κ2) is 6.13. The number of carbonyl (C=O) groups is 1. The van der Waals surface area contributed by atoms with Crippen molar-refractivity contribution in [3.63, 3.8) is 0 Å². The summed E-state index contributed by atoms with van der Waals surface area (Å²) in [6.45, 7) is 1.70. The molecule has 1 N–H and O–H groups in total. The van der Waals surface area contributed by atoms with Crippen LogP contribution in [-0.2, 0) is 18.9 Å². The summed E-state index contributed by atoms with van der Waals surface area (Å²) in [7, 11) is 3.36. The van der Waals surface area contributed by atoms with Gasteiger partial charge in [-0.2, -0.15) is 5.26 Å². The Hall–Kier alpha value is -3.60. The molecule has 0 spiro atoms. The molecule has 126 valence electrons. The fourth-order valence-corrected chi connectivity index (χ4v) is 2.54. The first kappa shape index (κ1) is 16.3. The third-order valence-electron chi connectivity index (χ3n) is 3.84. The van der Waals surface area contributed by atoms with Gasteiger partial charge in [0.15, 0.2) is 5.82 Å². The summed E-state index contributed by atoms with van der Waals surface area (Å²) in [6, 6.07) is 8.70. The number of imidazole rings is 1. The summed E-state index contributed by atoms with van der Waals surface area (Å²) in [5.74, 6) is 0.204. The maximum absolute atomic E-state index is 12.2. The Labute approximate surface area is 142 Å². The lowest BCUT2D eigenvalue weighted by Gasteiger charge is -2.01. The first-order chi connectivity index (χ1) is 11.9. The van der Waals surface area contributed by atoms with Crippen molar-refractivity contribution in [3.05, 3.63) is 51.6 Å². The number of benzene rings is 1. The zero-order valence-electron chi connectivity index (χ0n) is 13.9. The van der Waals surface area contributed by atoms with E-state index in [1.54, 1.807) is 45.3 Å². The molecule has 0 aliphatic carbocycles. The zero-order chi connectivity index (χ0) is 18.1. The molecule has 3 aromatic rings. The largest absolute Gasteiger partial charge is 0.360 e. The van der Waals surface area contributed by atoms with Crippen LogP contribution in [0.5, 0.6) is 0 Å². The average Bonchev–Trinajstić information content (AvgIpc) is 3.10. The number of fused-ring (bicyclic) bond motifs is 1. The lowest BCUT2D eigenvalue weighted by molar-refractivity contribution is -0.112. The molecule has 3 rings (SSSR count). The van der Waals surface area contributed by atoms with Crippen molar-refractivity contribution in [2.75, 3.05) is 5.32 Å². The third kappa shape index (κ3) is 2.95. The monoisotopic (exact) mass is 337 g/mol. The van der Waals surface area contributed by atoms with Gasteiger partial charge in [0.1, 0.15) is 17.4 Å². The minimum Gasteiger partial charge on any atom is -0.360 e. The van der Waals surface area contributed by atoms with Gasteiger partial charge in [0.05, 0.1) is 11.0 Å². The second-order valence-corrected chi connectivity index (χ2v) is 5.60. The number of nitriles is 1. The smallest absolute Gasteiger partial charge is 0.328 e. The van der Waals surface area contributed by atoms with E-state index in [0.717, 1.165) is 5.52 Å². The second-order valence-electron chi connectivity index (χ2n) is 5.60. The number of hydrogen-bond donors (Lipinski definition) is 1. The van der Waals surface area contributed by atoms with Crippen molar-refractivity contribution in [3.8, 4) is 6.07 Å². The van der Waals surface area contributed by atoms with Crippen LogP contribution in [0.2, 0.25) is 0 Å². The van der Waals surface area contributed by atoms with Gasteiger partial charge < -0.3 is 9.84 Å². The molecule has 0 atom stereocenters. The number of nitrogens with zero attached hydrogens (tertiary/aromatic N) is 4. The van der Waals surface area contributed by atoms with Crippen LogP contribution >= 0.6 is 0 Å². The number of aryl methyl sites for hydroxylation is 3. The number of amides is 1. The SMILES string of the molecule is Cc1cc(NC(=O)C(C#N)=Cc2ccc3c(c2)n(C)c(=O)n3C)no1. The van der Waals surface area contributed by atoms with Crippen molar-refractivity contribution >= 4 is 28.8 Å². The first-order valence-electron chi connectivity index (χ1n) is 7.42. The molecule has 0 aliphatic rings. The number of nitrogens with one attached hydrogen (secondary N) is 1. The minimum absolute atomic E-state index is 0.0825. The van der Waals surface area contributed by atoms with Crippen molar-refractivity contribution in [2.24, 2.45) is 14.1 Å². The number of carbonyl (C=O) groups excluding carboxylic acids is 1. The molecule has 0 saturated carbocycles. The number of aromatic nitrogens is 3. The Kier molecular flexibility index (Phi) is 3.99. The fraction of sp³-hybridized carbons (Fsp3) is 0.176. The molecule has 1 amide bonds. The van der Waals surface area contributed by atoms with Gasteiger partial charge in [-0.3, -0.25) is 13.9 Å². The van der Waals surface area contributed by atoms with Crippen LogP contribution in [-0.4, -0.2) is 20.2 Å². The highest BCUT2D eigenvalue weighted by Crippen LogP contribution is 2.17. The van der Waals surface area contributed by atoms with Gasteiger partial charge in [0, 0.05) is 20.2 Å². The Morgan fingerprint density at radius 1 is 1.28 bits per heavy atom. The van der Waals surface area contributed by atoms with Crippen LogP contribution < -0.4 is 11.0 Å². The summed E-state index contributed by atoms with van der Waals surface area (Å²) in [6.07, 6.45) is 1.46. The molecule has 0 saturated heterocycles. The summed E-state index contributed by atoms with van der Waals surface area (Å²) in [5.41, 5.74) is 1.89. The van der Waals surface area contributed by atoms with Crippen LogP contribution in [0.3, 0.4) is 0 Å². The Morgan fingerprint density at radius 3 is 2.64 bits per heavy atom. The highest BCUT2D eigenvalue weighted by Gasteiger charge is 2.13. The van der Waals surface area contributed by atoms with Crippen molar-refractivity contribution in [2.45, 2.75) is 6.92 Å². The van der Waals surface area contributed by atoms with Gasteiger partial charge >= 0.3 is 5.69 Å². The van der Waals surface area contributed by atoms with Crippen LogP contribution in [0.15, 0.2) is 39.2 Å². The van der Waals surface area contributed by atoms with Crippen LogP contribution in [0.4, 0.5) is 5.82 Å². The molecule has 8 heteroatoms. The van der Waals surface area contributed by atoms with E-state index < -0.39 is 5.91 Å². The number of rotatable bonds is 3. The Morgan fingerprint density at radius 2 is 2.00 bits per heavy atom. The maximum Gasteiger partial charge on any atom is 0.328 e. The quantitative estimate of drug-likeness (QED) is 0.578. The summed E-state index contributed by atoms with van der Waals surface area (Å²) >= 11 is 0. The Balaban J connectivity index is 1.95. The van der Waals surface area contributed by atoms with Gasteiger partial charge in [-0.1, -0.05) is 11.2 Å². The molecule has 8 nitrogen and oxygen atoms in total.